The Labute approximate surface area is 129 Å². The van der Waals surface area contributed by atoms with Gasteiger partial charge in [-0.15, -0.1) is 0 Å². The molecule has 1 nitrogen and oxygen atoms in total. The van der Waals surface area contributed by atoms with Crippen molar-refractivity contribution >= 4 is 11.4 Å². The highest BCUT2D eigenvalue weighted by molar-refractivity contribution is 5.97. The van der Waals surface area contributed by atoms with E-state index in [-0.39, 0.29) is 11.2 Å². The Morgan fingerprint density at radius 2 is 1.95 bits per heavy atom. The molecule has 0 radical (unpaired) electrons. The van der Waals surface area contributed by atoms with E-state index in [1.165, 1.54) is 0 Å². The predicted octanol–water partition coefficient (Wildman–Crippen LogP) is 5.76. The number of allylic oxidation sites excluding steroid dienone is 5. The van der Waals surface area contributed by atoms with Gasteiger partial charge in [-0.2, -0.15) is 0 Å². The van der Waals surface area contributed by atoms with Crippen LogP contribution in [0.3, 0.4) is 0 Å². The molecule has 0 aliphatic carbocycles. The number of carbonyl (C=O) groups is 1. The Bertz CT molecular complexity index is 580. The second kappa shape index (κ2) is 7.21. The van der Waals surface area contributed by atoms with Crippen molar-refractivity contribution in [2.24, 2.45) is 5.41 Å². The van der Waals surface area contributed by atoms with Crippen LogP contribution in [0.25, 0.3) is 5.57 Å². The lowest BCUT2D eigenvalue weighted by molar-refractivity contribution is 0.0940. The highest BCUT2D eigenvalue weighted by atomic mass is 16.1. The van der Waals surface area contributed by atoms with E-state index in [0.717, 1.165) is 22.3 Å². The second-order valence-corrected chi connectivity index (χ2v) is 6.55. The summed E-state index contributed by atoms with van der Waals surface area (Å²) in [6.45, 7) is 14.1. The van der Waals surface area contributed by atoms with Crippen LogP contribution in [0.2, 0.25) is 0 Å². The van der Waals surface area contributed by atoms with E-state index >= 15 is 0 Å². The Hall–Kier alpha value is -1.89. The summed E-state index contributed by atoms with van der Waals surface area (Å²) in [7, 11) is 0. The molecule has 0 saturated heterocycles. The number of Topliss-reactive ketones (excluding diaryl/α,β-unsaturated/α-hetero) is 1. The maximum Gasteiger partial charge on any atom is 0.163 e. The predicted molar refractivity (Wildman–Crippen MR) is 92.6 cm³/mol. The standard InChI is InChI=1S/C20H26O/c1-7-9-16(10-8-2)18-12-11-17(13-15(18)3)19(21)14-20(4,5)6/h7-13H,1,14H2,2-6H3/b10-8-,16-9+. The maximum atomic E-state index is 12.3. The van der Waals surface area contributed by atoms with E-state index in [9.17, 15) is 4.79 Å². The van der Waals surface area contributed by atoms with Gasteiger partial charge in [-0.1, -0.05) is 63.8 Å². The number of rotatable bonds is 5. The third-order valence-corrected chi connectivity index (χ3v) is 3.19. The average Bonchev–Trinajstić information content (AvgIpc) is 2.36. The zero-order chi connectivity index (χ0) is 16.0. The number of ketones is 1. The van der Waals surface area contributed by atoms with Crippen molar-refractivity contribution in [1.29, 1.82) is 0 Å². The van der Waals surface area contributed by atoms with E-state index in [4.69, 9.17) is 0 Å². The SMILES string of the molecule is C=C/C=C(\C=C/C)c1ccc(C(=O)CC(C)(C)C)cc1C. The van der Waals surface area contributed by atoms with Crippen molar-refractivity contribution in [3.8, 4) is 0 Å². The molecule has 0 aliphatic rings. The summed E-state index contributed by atoms with van der Waals surface area (Å²) in [5.74, 6) is 0.206. The first-order chi connectivity index (χ1) is 9.78. The molecule has 0 fully saturated rings. The van der Waals surface area contributed by atoms with Gasteiger partial charge in [0.2, 0.25) is 0 Å². The van der Waals surface area contributed by atoms with Gasteiger partial charge in [0.1, 0.15) is 0 Å². The van der Waals surface area contributed by atoms with Gasteiger partial charge in [-0.3, -0.25) is 4.79 Å². The minimum Gasteiger partial charge on any atom is -0.294 e. The fourth-order valence-corrected chi connectivity index (χ4v) is 2.29. The van der Waals surface area contributed by atoms with Crippen molar-refractivity contribution in [3.05, 3.63) is 65.8 Å². The molecule has 1 heteroatoms. The van der Waals surface area contributed by atoms with Crippen LogP contribution in [0.15, 0.2) is 49.1 Å². The summed E-state index contributed by atoms with van der Waals surface area (Å²) in [4.78, 5) is 12.3. The molecule has 0 atom stereocenters. The smallest absolute Gasteiger partial charge is 0.163 e. The zero-order valence-electron chi connectivity index (χ0n) is 13.9. The molecular formula is C20H26O. The second-order valence-electron chi connectivity index (χ2n) is 6.55. The van der Waals surface area contributed by atoms with Crippen LogP contribution in [0.4, 0.5) is 0 Å². The van der Waals surface area contributed by atoms with E-state index in [1.54, 1.807) is 6.08 Å². The first-order valence-electron chi connectivity index (χ1n) is 7.38. The Balaban J connectivity index is 3.13. The monoisotopic (exact) mass is 282 g/mol. The van der Waals surface area contributed by atoms with Crippen LogP contribution in [0, 0.1) is 12.3 Å². The fourth-order valence-electron chi connectivity index (χ4n) is 2.29. The lowest BCUT2D eigenvalue weighted by Gasteiger charge is -2.17. The van der Waals surface area contributed by atoms with E-state index in [0.29, 0.717) is 6.42 Å². The number of aryl methyl sites for hydroxylation is 1. The number of carbonyl (C=O) groups excluding carboxylic acids is 1. The van der Waals surface area contributed by atoms with Crippen LogP contribution in [-0.4, -0.2) is 5.78 Å². The normalized spacial score (nSPS) is 12.7. The van der Waals surface area contributed by atoms with Crippen molar-refractivity contribution in [1.82, 2.24) is 0 Å². The molecule has 0 heterocycles. The minimum absolute atomic E-state index is 0.0164. The molecule has 0 amide bonds. The summed E-state index contributed by atoms with van der Waals surface area (Å²) >= 11 is 0. The van der Waals surface area contributed by atoms with Crippen LogP contribution in [-0.2, 0) is 0 Å². The third kappa shape index (κ3) is 5.18. The molecule has 0 saturated carbocycles. The fraction of sp³-hybridized carbons (Fsp3) is 0.350. The van der Waals surface area contributed by atoms with Crippen LogP contribution < -0.4 is 0 Å². The third-order valence-electron chi connectivity index (χ3n) is 3.19. The lowest BCUT2D eigenvalue weighted by atomic mass is 9.87. The first kappa shape index (κ1) is 17.2. The number of hydrogen-bond donors (Lipinski definition) is 0. The highest BCUT2D eigenvalue weighted by Gasteiger charge is 2.17. The van der Waals surface area contributed by atoms with Gasteiger partial charge in [0.15, 0.2) is 5.78 Å². The van der Waals surface area contributed by atoms with Gasteiger partial charge in [0.25, 0.3) is 0 Å². The summed E-state index contributed by atoms with van der Waals surface area (Å²) in [5.41, 5.74) is 4.17. The van der Waals surface area contributed by atoms with E-state index < -0.39 is 0 Å². The minimum atomic E-state index is 0.0164. The molecule has 21 heavy (non-hydrogen) atoms. The zero-order valence-corrected chi connectivity index (χ0v) is 13.9. The van der Waals surface area contributed by atoms with Crippen LogP contribution in [0.5, 0.6) is 0 Å². The molecule has 1 rings (SSSR count). The highest BCUT2D eigenvalue weighted by Crippen LogP contribution is 2.25. The molecule has 0 spiro atoms. The summed E-state index contributed by atoms with van der Waals surface area (Å²) in [6, 6.07) is 5.95. The van der Waals surface area contributed by atoms with Crippen LogP contribution in [0.1, 0.15) is 55.6 Å². The first-order valence-corrected chi connectivity index (χ1v) is 7.38. The molecular weight excluding hydrogens is 256 g/mol. The number of hydrogen-bond acceptors (Lipinski definition) is 1. The topological polar surface area (TPSA) is 17.1 Å². The van der Waals surface area contributed by atoms with E-state index in [2.05, 4.69) is 33.4 Å². The van der Waals surface area contributed by atoms with Crippen molar-refractivity contribution in [2.45, 2.75) is 41.0 Å². The molecule has 1 aromatic rings. The van der Waals surface area contributed by atoms with Gasteiger partial charge >= 0.3 is 0 Å². The summed E-state index contributed by atoms with van der Waals surface area (Å²) < 4.78 is 0. The molecule has 0 aromatic heterocycles. The maximum absolute atomic E-state index is 12.3. The number of benzene rings is 1. The molecule has 0 unspecified atom stereocenters. The van der Waals surface area contributed by atoms with Gasteiger partial charge in [0.05, 0.1) is 0 Å². The van der Waals surface area contributed by atoms with Gasteiger partial charge < -0.3 is 0 Å². The van der Waals surface area contributed by atoms with Crippen LogP contribution >= 0.6 is 0 Å². The van der Waals surface area contributed by atoms with Crippen molar-refractivity contribution in [3.63, 3.8) is 0 Å². The quantitative estimate of drug-likeness (QED) is 0.495. The van der Waals surface area contributed by atoms with E-state index in [1.807, 2.05) is 44.2 Å². The van der Waals surface area contributed by atoms with Crippen molar-refractivity contribution in [2.75, 3.05) is 0 Å². The van der Waals surface area contributed by atoms with Gasteiger partial charge in [-0.25, -0.2) is 0 Å². The lowest BCUT2D eigenvalue weighted by Crippen LogP contribution is -2.13. The Morgan fingerprint density at radius 3 is 2.43 bits per heavy atom. The average molecular weight is 282 g/mol. The van der Waals surface area contributed by atoms with Crippen molar-refractivity contribution < 1.29 is 4.79 Å². The molecule has 0 bridgehead atoms. The van der Waals surface area contributed by atoms with Gasteiger partial charge in [-0.05, 0) is 42.0 Å². The summed E-state index contributed by atoms with van der Waals surface area (Å²) in [6.07, 6.45) is 8.40. The van der Waals surface area contributed by atoms with Gasteiger partial charge in [0, 0.05) is 12.0 Å². The largest absolute Gasteiger partial charge is 0.294 e. The Morgan fingerprint density at radius 1 is 1.29 bits per heavy atom. The Kier molecular flexibility index (Phi) is 5.90. The summed E-state index contributed by atoms with van der Waals surface area (Å²) in [5, 5.41) is 0. The molecule has 0 aliphatic heterocycles. The molecule has 1 aromatic carbocycles. The molecule has 0 N–H and O–H groups in total. The molecule has 112 valence electrons.